The van der Waals surface area contributed by atoms with Gasteiger partial charge in [0.05, 0.1) is 6.42 Å². The van der Waals surface area contributed by atoms with E-state index in [1.807, 2.05) is 25.7 Å². The number of carbonyl (C=O) groups is 2. The molecule has 0 aromatic heterocycles. The number of urea groups is 1. The molecule has 118 valence electrons. The minimum absolute atomic E-state index is 0.00748. The standard InChI is InChI=1S/C15H30N2O3/c1-6-13(7-2)11-16(8-3)15(20)17(12(4)5)10-9-14(18)19/h12-13H,6-11H2,1-5H3,(H,18,19). The van der Waals surface area contributed by atoms with Gasteiger partial charge < -0.3 is 14.9 Å². The molecule has 0 aliphatic carbocycles. The highest BCUT2D eigenvalue weighted by molar-refractivity contribution is 5.75. The average Bonchev–Trinajstić information content (AvgIpc) is 2.39. The summed E-state index contributed by atoms with van der Waals surface area (Å²) in [5.74, 6) is -0.362. The van der Waals surface area contributed by atoms with E-state index >= 15 is 0 Å². The van der Waals surface area contributed by atoms with Crippen molar-refractivity contribution in [3.8, 4) is 0 Å². The lowest BCUT2D eigenvalue weighted by Gasteiger charge is -2.34. The van der Waals surface area contributed by atoms with Crippen LogP contribution in [0.25, 0.3) is 0 Å². The number of carbonyl (C=O) groups excluding carboxylic acids is 1. The fraction of sp³-hybridized carbons (Fsp3) is 0.867. The molecule has 0 saturated heterocycles. The first kappa shape index (κ1) is 18.7. The van der Waals surface area contributed by atoms with Gasteiger partial charge in [0.1, 0.15) is 0 Å². The minimum Gasteiger partial charge on any atom is -0.481 e. The van der Waals surface area contributed by atoms with Crippen LogP contribution in [0.2, 0.25) is 0 Å². The van der Waals surface area contributed by atoms with Crippen LogP contribution in [0.15, 0.2) is 0 Å². The summed E-state index contributed by atoms with van der Waals surface area (Å²) in [6.07, 6.45) is 2.10. The molecule has 5 nitrogen and oxygen atoms in total. The summed E-state index contributed by atoms with van der Waals surface area (Å²) < 4.78 is 0. The van der Waals surface area contributed by atoms with E-state index in [0.717, 1.165) is 19.4 Å². The molecule has 0 bridgehead atoms. The number of carboxylic acid groups (broad SMARTS) is 1. The Bertz CT molecular complexity index is 301. The van der Waals surface area contributed by atoms with Gasteiger partial charge in [0.15, 0.2) is 0 Å². The molecule has 0 heterocycles. The molecular formula is C15H30N2O3. The van der Waals surface area contributed by atoms with Gasteiger partial charge in [-0.1, -0.05) is 26.7 Å². The van der Waals surface area contributed by atoms with Crippen molar-refractivity contribution in [3.05, 3.63) is 0 Å². The zero-order valence-electron chi connectivity index (χ0n) is 13.6. The Balaban J connectivity index is 4.77. The van der Waals surface area contributed by atoms with Gasteiger partial charge in [-0.05, 0) is 26.7 Å². The van der Waals surface area contributed by atoms with Crippen molar-refractivity contribution in [1.82, 2.24) is 9.80 Å². The Morgan fingerprint density at radius 2 is 1.65 bits per heavy atom. The summed E-state index contributed by atoms with van der Waals surface area (Å²) in [5, 5.41) is 8.79. The Kier molecular flexibility index (Phi) is 9.01. The van der Waals surface area contributed by atoms with E-state index in [2.05, 4.69) is 13.8 Å². The van der Waals surface area contributed by atoms with Gasteiger partial charge in [-0.25, -0.2) is 4.79 Å². The Hall–Kier alpha value is -1.26. The highest BCUT2D eigenvalue weighted by Gasteiger charge is 2.24. The molecule has 0 rings (SSSR count). The van der Waals surface area contributed by atoms with Crippen molar-refractivity contribution in [2.45, 2.75) is 59.9 Å². The lowest BCUT2D eigenvalue weighted by molar-refractivity contribution is -0.137. The van der Waals surface area contributed by atoms with Crippen molar-refractivity contribution >= 4 is 12.0 Å². The summed E-state index contributed by atoms with van der Waals surface area (Å²) in [4.78, 5) is 26.7. The molecule has 0 atom stereocenters. The second-order valence-corrected chi connectivity index (χ2v) is 5.43. The highest BCUT2D eigenvalue weighted by Crippen LogP contribution is 2.13. The molecule has 0 fully saturated rings. The first-order chi connectivity index (χ1) is 9.37. The molecule has 1 N–H and O–H groups in total. The molecule has 2 amide bonds. The Labute approximate surface area is 122 Å². The molecule has 0 radical (unpaired) electrons. The first-order valence-corrected chi connectivity index (χ1v) is 7.64. The van der Waals surface area contributed by atoms with Gasteiger partial charge in [0, 0.05) is 25.7 Å². The first-order valence-electron chi connectivity index (χ1n) is 7.64. The van der Waals surface area contributed by atoms with Crippen LogP contribution in [0.3, 0.4) is 0 Å². The molecule has 5 heteroatoms. The molecule has 0 spiro atoms. The van der Waals surface area contributed by atoms with Crippen LogP contribution in [0.4, 0.5) is 4.79 Å². The van der Waals surface area contributed by atoms with Crippen molar-refractivity contribution < 1.29 is 14.7 Å². The van der Waals surface area contributed by atoms with Gasteiger partial charge in [-0.3, -0.25) is 4.79 Å². The van der Waals surface area contributed by atoms with Gasteiger partial charge in [0.25, 0.3) is 0 Å². The number of hydrogen-bond donors (Lipinski definition) is 1. The zero-order chi connectivity index (χ0) is 15.7. The topological polar surface area (TPSA) is 60.9 Å². The molecule has 0 aromatic carbocycles. The number of carboxylic acids is 1. The van der Waals surface area contributed by atoms with Crippen LogP contribution in [0.1, 0.15) is 53.9 Å². The maximum absolute atomic E-state index is 12.6. The molecule has 0 unspecified atom stereocenters. The second kappa shape index (κ2) is 9.61. The lowest BCUT2D eigenvalue weighted by Crippen LogP contribution is -2.48. The summed E-state index contributed by atoms with van der Waals surface area (Å²) in [6, 6.07) is -0.0340. The van der Waals surface area contributed by atoms with Crippen LogP contribution in [-0.2, 0) is 4.79 Å². The SMILES string of the molecule is CCC(CC)CN(CC)C(=O)N(CCC(=O)O)C(C)C. The average molecular weight is 286 g/mol. The van der Waals surface area contributed by atoms with E-state index in [1.54, 1.807) is 4.90 Å². The van der Waals surface area contributed by atoms with Crippen molar-refractivity contribution in [2.75, 3.05) is 19.6 Å². The van der Waals surface area contributed by atoms with E-state index in [-0.39, 0.29) is 25.0 Å². The summed E-state index contributed by atoms with van der Waals surface area (Å²) >= 11 is 0. The van der Waals surface area contributed by atoms with Crippen molar-refractivity contribution in [3.63, 3.8) is 0 Å². The van der Waals surface area contributed by atoms with Gasteiger partial charge in [0.2, 0.25) is 0 Å². The third kappa shape index (κ3) is 6.26. The fourth-order valence-corrected chi connectivity index (χ4v) is 2.17. The number of hydrogen-bond acceptors (Lipinski definition) is 2. The number of rotatable bonds is 9. The van der Waals surface area contributed by atoms with E-state index in [1.165, 1.54) is 0 Å². The minimum atomic E-state index is -0.869. The van der Waals surface area contributed by atoms with E-state index < -0.39 is 5.97 Å². The fourth-order valence-electron chi connectivity index (χ4n) is 2.17. The van der Waals surface area contributed by atoms with Crippen LogP contribution in [0, 0.1) is 5.92 Å². The Morgan fingerprint density at radius 1 is 1.10 bits per heavy atom. The van der Waals surface area contributed by atoms with E-state index in [0.29, 0.717) is 12.5 Å². The molecule has 0 aliphatic rings. The molecule has 20 heavy (non-hydrogen) atoms. The maximum Gasteiger partial charge on any atom is 0.320 e. The number of nitrogens with zero attached hydrogens (tertiary/aromatic N) is 2. The van der Waals surface area contributed by atoms with Crippen LogP contribution in [-0.4, -0.2) is 52.6 Å². The normalized spacial score (nSPS) is 10.9. The predicted octanol–water partition coefficient (Wildman–Crippen LogP) is 3.05. The molecule has 0 aliphatic heterocycles. The third-order valence-corrected chi connectivity index (χ3v) is 3.72. The lowest BCUT2D eigenvalue weighted by atomic mass is 10.0. The summed E-state index contributed by atoms with van der Waals surface area (Å²) in [6.45, 7) is 11.8. The van der Waals surface area contributed by atoms with Crippen LogP contribution >= 0.6 is 0 Å². The second-order valence-electron chi connectivity index (χ2n) is 5.43. The largest absolute Gasteiger partial charge is 0.481 e. The molecular weight excluding hydrogens is 256 g/mol. The number of amides is 2. The third-order valence-electron chi connectivity index (χ3n) is 3.72. The molecule has 0 saturated carbocycles. The van der Waals surface area contributed by atoms with Crippen molar-refractivity contribution in [1.29, 1.82) is 0 Å². The summed E-state index contributed by atoms with van der Waals surface area (Å²) in [5.41, 5.74) is 0. The van der Waals surface area contributed by atoms with Gasteiger partial charge in [-0.2, -0.15) is 0 Å². The number of aliphatic carboxylic acids is 1. The van der Waals surface area contributed by atoms with Gasteiger partial charge >= 0.3 is 12.0 Å². The van der Waals surface area contributed by atoms with Gasteiger partial charge in [-0.15, -0.1) is 0 Å². The quantitative estimate of drug-likeness (QED) is 0.708. The van der Waals surface area contributed by atoms with E-state index in [4.69, 9.17) is 5.11 Å². The maximum atomic E-state index is 12.6. The monoisotopic (exact) mass is 286 g/mol. The molecule has 0 aromatic rings. The van der Waals surface area contributed by atoms with E-state index in [9.17, 15) is 9.59 Å². The van der Waals surface area contributed by atoms with Crippen LogP contribution < -0.4 is 0 Å². The highest BCUT2D eigenvalue weighted by atomic mass is 16.4. The van der Waals surface area contributed by atoms with Crippen molar-refractivity contribution in [2.24, 2.45) is 5.92 Å². The predicted molar refractivity (Wildman–Crippen MR) is 80.8 cm³/mol. The smallest absolute Gasteiger partial charge is 0.320 e. The Morgan fingerprint density at radius 3 is 2.00 bits per heavy atom. The van der Waals surface area contributed by atoms with Crippen LogP contribution in [0.5, 0.6) is 0 Å². The summed E-state index contributed by atoms with van der Waals surface area (Å²) in [7, 11) is 0. The zero-order valence-corrected chi connectivity index (χ0v) is 13.6.